The van der Waals surface area contributed by atoms with Crippen LogP contribution in [0, 0.1) is 6.92 Å². The molecule has 1 aromatic rings. The van der Waals surface area contributed by atoms with Crippen molar-refractivity contribution in [2.24, 2.45) is 0 Å². The van der Waals surface area contributed by atoms with E-state index in [1.807, 2.05) is 19.1 Å². The van der Waals surface area contributed by atoms with Gasteiger partial charge in [0.05, 0.1) is 6.61 Å². The molecule has 70 valence electrons. The van der Waals surface area contributed by atoms with Crippen molar-refractivity contribution in [2.45, 2.75) is 13.3 Å². The standard InChI is InChI=1S/C10H11ClO2/c1-8-3-4-9(11)7-10(8)13-6-2-5-12/h3-5,7H,2,6H2,1H3. The summed E-state index contributed by atoms with van der Waals surface area (Å²) in [5.41, 5.74) is 1.02. The second kappa shape index (κ2) is 4.87. The SMILES string of the molecule is Cc1ccc(Cl)cc1OCCC=O. The normalized spacial score (nSPS) is 9.69. The molecule has 2 nitrogen and oxygen atoms in total. The Morgan fingerprint density at radius 3 is 3.00 bits per heavy atom. The Labute approximate surface area is 82.5 Å². The summed E-state index contributed by atoms with van der Waals surface area (Å²) in [5, 5.41) is 0.645. The highest BCUT2D eigenvalue weighted by Crippen LogP contribution is 2.22. The first-order valence-electron chi connectivity index (χ1n) is 4.06. The molecule has 0 fully saturated rings. The van der Waals surface area contributed by atoms with E-state index in [4.69, 9.17) is 16.3 Å². The zero-order valence-corrected chi connectivity index (χ0v) is 8.17. The minimum atomic E-state index is 0.407. The summed E-state index contributed by atoms with van der Waals surface area (Å²) in [4.78, 5) is 10.0. The molecule has 0 aliphatic rings. The highest BCUT2D eigenvalue weighted by Gasteiger charge is 1.99. The van der Waals surface area contributed by atoms with Crippen LogP contribution in [0.2, 0.25) is 5.02 Å². The fourth-order valence-electron chi connectivity index (χ4n) is 0.946. The second-order valence-corrected chi connectivity index (χ2v) is 3.15. The van der Waals surface area contributed by atoms with Crippen molar-refractivity contribution in [3.8, 4) is 5.75 Å². The van der Waals surface area contributed by atoms with Crippen molar-refractivity contribution in [1.82, 2.24) is 0 Å². The van der Waals surface area contributed by atoms with Crippen molar-refractivity contribution < 1.29 is 9.53 Å². The number of ether oxygens (including phenoxy) is 1. The van der Waals surface area contributed by atoms with Crippen LogP contribution in [-0.4, -0.2) is 12.9 Å². The van der Waals surface area contributed by atoms with Crippen LogP contribution in [0.15, 0.2) is 18.2 Å². The van der Waals surface area contributed by atoms with Gasteiger partial charge in [-0.15, -0.1) is 0 Å². The summed E-state index contributed by atoms with van der Waals surface area (Å²) < 4.78 is 5.34. The number of halogens is 1. The van der Waals surface area contributed by atoms with Gasteiger partial charge in [0.1, 0.15) is 12.0 Å². The van der Waals surface area contributed by atoms with Crippen LogP contribution in [0.25, 0.3) is 0 Å². The van der Waals surface area contributed by atoms with Gasteiger partial charge in [0, 0.05) is 11.4 Å². The molecular formula is C10H11ClO2. The van der Waals surface area contributed by atoms with Crippen LogP contribution < -0.4 is 4.74 Å². The average molecular weight is 199 g/mol. The topological polar surface area (TPSA) is 26.3 Å². The van der Waals surface area contributed by atoms with E-state index in [9.17, 15) is 4.79 Å². The van der Waals surface area contributed by atoms with Crippen molar-refractivity contribution in [3.63, 3.8) is 0 Å². The van der Waals surface area contributed by atoms with Gasteiger partial charge in [-0.1, -0.05) is 17.7 Å². The van der Waals surface area contributed by atoms with Gasteiger partial charge < -0.3 is 9.53 Å². The van der Waals surface area contributed by atoms with Crippen LogP contribution >= 0.6 is 11.6 Å². The Morgan fingerprint density at radius 1 is 1.54 bits per heavy atom. The van der Waals surface area contributed by atoms with Gasteiger partial charge in [-0.3, -0.25) is 0 Å². The van der Waals surface area contributed by atoms with Crippen LogP contribution in [0.3, 0.4) is 0 Å². The molecule has 0 atom stereocenters. The van der Waals surface area contributed by atoms with Crippen LogP contribution in [0.1, 0.15) is 12.0 Å². The van der Waals surface area contributed by atoms with Crippen LogP contribution in [0.5, 0.6) is 5.75 Å². The van der Waals surface area contributed by atoms with Gasteiger partial charge in [-0.05, 0) is 24.6 Å². The minimum absolute atomic E-state index is 0.407. The maximum atomic E-state index is 10.0. The number of carbonyl (C=O) groups excluding carboxylic acids is 1. The number of hydrogen-bond donors (Lipinski definition) is 0. The monoisotopic (exact) mass is 198 g/mol. The molecule has 0 spiro atoms. The second-order valence-electron chi connectivity index (χ2n) is 2.71. The Bertz CT molecular complexity index is 297. The van der Waals surface area contributed by atoms with Gasteiger partial charge in [-0.25, -0.2) is 0 Å². The Kier molecular flexibility index (Phi) is 3.77. The third-order valence-corrected chi connectivity index (χ3v) is 1.88. The molecule has 13 heavy (non-hydrogen) atoms. The maximum absolute atomic E-state index is 10.0. The first-order valence-corrected chi connectivity index (χ1v) is 4.44. The number of aldehydes is 1. The molecule has 0 amide bonds. The molecule has 0 bridgehead atoms. The number of rotatable bonds is 4. The number of carbonyl (C=O) groups is 1. The largest absolute Gasteiger partial charge is 0.493 e. The van der Waals surface area contributed by atoms with E-state index in [1.165, 1.54) is 0 Å². The lowest BCUT2D eigenvalue weighted by atomic mass is 10.2. The highest BCUT2D eigenvalue weighted by atomic mass is 35.5. The molecular weight excluding hydrogens is 188 g/mol. The van der Waals surface area contributed by atoms with E-state index in [0.717, 1.165) is 17.6 Å². The number of benzene rings is 1. The predicted octanol–water partition coefficient (Wildman–Crippen LogP) is 2.62. The van der Waals surface area contributed by atoms with E-state index >= 15 is 0 Å². The van der Waals surface area contributed by atoms with Gasteiger partial charge in [-0.2, -0.15) is 0 Å². The van der Waals surface area contributed by atoms with Crippen molar-refractivity contribution in [3.05, 3.63) is 28.8 Å². The van der Waals surface area contributed by atoms with Crippen molar-refractivity contribution >= 4 is 17.9 Å². The Balaban J connectivity index is 2.64. The van der Waals surface area contributed by atoms with E-state index in [2.05, 4.69) is 0 Å². The Morgan fingerprint density at radius 2 is 2.31 bits per heavy atom. The van der Waals surface area contributed by atoms with Crippen molar-refractivity contribution in [1.29, 1.82) is 0 Å². The fraction of sp³-hybridized carbons (Fsp3) is 0.300. The molecule has 0 unspecified atom stereocenters. The smallest absolute Gasteiger partial charge is 0.123 e. The van der Waals surface area contributed by atoms with Crippen molar-refractivity contribution in [2.75, 3.05) is 6.61 Å². The third-order valence-electron chi connectivity index (χ3n) is 1.64. The average Bonchev–Trinajstić information content (AvgIpc) is 2.11. The summed E-state index contributed by atoms with van der Waals surface area (Å²) in [6, 6.07) is 5.45. The predicted molar refractivity (Wildman–Crippen MR) is 52.4 cm³/mol. The van der Waals surface area contributed by atoms with Gasteiger partial charge in [0.25, 0.3) is 0 Å². The lowest BCUT2D eigenvalue weighted by molar-refractivity contribution is -0.108. The molecule has 0 aliphatic carbocycles. The molecule has 0 heterocycles. The summed E-state index contributed by atoms with van der Waals surface area (Å²) in [6.45, 7) is 2.34. The molecule has 0 saturated carbocycles. The minimum Gasteiger partial charge on any atom is -0.493 e. The lowest BCUT2D eigenvalue weighted by Gasteiger charge is -2.07. The van der Waals surface area contributed by atoms with E-state index in [1.54, 1.807) is 6.07 Å². The van der Waals surface area contributed by atoms with E-state index in [-0.39, 0.29) is 0 Å². The van der Waals surface area contributed by atoms with Crippen LogP contribution in [-0.2, 0) is 4.79 Å². The maximum Gasteiger partial charge on any atom is 0.123 e. The zero-order valence-electron chi connectivity index (χ0n) is 7.42. The first-order chi connectivity index (χ1) is 6.24. The molecule has 0 saturated heterocycles. The first kappa shape index (κ1) is 10.1. The summed E-state index contributed by atoms with van der Waals surface area (Å²) in [7, 11) is 0. The third kappa shape index (κ3) is 3.07. The molecule has 0 aromatic heterocycles. The van der Waals surface area contributed by atoms with Gasteiger partial charge in [0.2, 0.25) is 0 Å². The molecule has 1 rings (SSSR count). The molecule has 0 aliphatic heterocycles. The van der Waals surface area contributed by atoms with Crippen LogP contribution in [0.4, 0.5) is 0 Å². The van der Waals surface area contributed by atoms with Gasteiger partial charge in [0.15, 0.2) is 0 Å². The molecule has 3 heteroatoms. The number of hydrogen-bond acceptors (Lipinski definition) is 2. The van der Waals surface area contributed by atoms with Gasteiger partial charge >= 0.3 is 0 Å². The van der Waals surface area contributed by atoms with E-state index in [0.29, 0.717) is 18.1 Å². The summed E-state index contributed by atoms with van der Waals surface area (Å²) in [5.74, 6) is 0.745. The quantitative estimate of drug-likeness (QED) is 0.549. The zero-order chi connectivity index (χ0) is 9.68. The fourth-order valence-corrected chi connectivity index (χ4v) is 1.11. The molecule has 0 N–H and O–H groups in total. The van der Waals surface area contributed by atoms with E-state index < -0.39 is 0 Å². The highest BCUT2D eigenvalue weighted by molar-refractivity contribution is 6.30. The summed E-state index contributed by atoms with van der Waals surface area (Å²) >= 11 is 5.78. The number of aryl methyl sites for hydroxylation is 1. The molecule has 1 aromatic carbocycles. The molecule has 0 radical (unpaired) electrons. The Hall–Kier alpha value is -1.02. The lowest BCUT2D eigenvalue weighted by Crippen LogP contribution is -1.98. The summed E-state index contributed by atoms with van der Waals surface area (Å²) in [6.07, 6.45) is 1.24.